The van der Waals surface area contributed by atoms with Crippen LogP contribution in [0.2, 0.25) is 0 Å². The van der Waals surface area contributed by atoms with Crippen molar-refractivity contribution < 1.29 is 13.2 Å². The summed E-state index contributed by atoms with van der Waals surface area (Å²) in [7, 11) is 0. The summed E-state index contributed by atoms with van der Waals surface area (Å²) < 4.78 is 38.6. The van der Waals surface area contributed by atoms with E-state index >= 15 is 0 Å². The van der Waals surface area contributed by atoms with Gasteiger partial charge in [-0.1, -0.05) is 18.6 Å². The Morgan fingerprint density at radius 1 is 1.44 bits per heavy atom. The average molecular weight is 256 g/mol. The van der Waals surface area contributed by atoms with Gasteiger partial charge in [-0.15, -0.1) is 16.7 Å². The highest BCUT2D eigenvalue weighted by atomic mass is 35.5. The van der Waals surface area contributed by atoms with Crippen molar-refractivity contribution in [3.63, 3.8) is 0 Å². The first-order chi connectivity index (χ1) is 7.41. The number of hydrogen-bond acceptors (Lipinski definition) is 2. The molecule has 0 aliphatic rings. The Labute approximate surface area is 96.6 Å². The number of hydrogen-bond donors (Lipinski definition) is 0. The zero-order valence-corrected chi connectivity index (χ0v) is 9.81. The third-order valence-corrected chi connectivity index (χ3v) is 2.58. The van der Waals surface area contributed by atoms with Gasteiger partial charge >= 0.3 is 6.18 Å². The Balaban J connectivity index is 3.08. The monoisotopic (exact) mass is 255 g/mol. The summed E-state index contributed by atoms with van der Waals surface area (Å²) in [6.45, 7) is 2.94. The van der Waals surface area contributed by atoms with Crippen LogP contribution in [0, 0.1) is 0 Å². The van der Waals surface area contributed by atoms with Crippen LogP contribution in [0.5, 0.6) is 0 Å². The van der Waals surface area contributed by atoms with E-state index in [1.54, 1.807) is 0 Å². The van der Waals surface area contributed by atoms with Gasteiger partial charge in [-0.2, -0.15) is 13.2 Å². The molecule has 1 rings (SSSR count). The molecule has 1 heterocycles. The number of alkyl halides is 4. The standard InChI is InChI=1S/C9H13ClF3N3/c1-3-4-8-7(5-10)14-15-16(8)6(2)9(11,12)13/h6H,3-5H2,1-2H3. The fourth-order valence-corrected chi connectivity index (χ4v) is 1.60. The molecular weight excluding hydrogens is 243 g/mol. The first-order valence-corrected chi connectivity index (χ1v) is 5.50. The number of halogens is 4. The van der Waals surface area contributed by atoms with E-state index in [0.717, 1.165) is 18.0 Å². The number of nitrogens with zero attached hydrogens (tertiary/aromatic N) is 3. The minimum atomic E-state index is -4.32. The van der Waals surface area contributed by atoms with Crippen LogP contribution < -0.4 is 0 Å². The summed E-state index contributed by atoms with van der Waals surface area (Å²) in [6, 6.07) is -1.67. The molecule has 0 saturated heterocycles. The molecule has 1 aromatic heterocycles. The first kappa shape index (κ1) is 13.3. The molecule has 0 amide bonds. The fraction of sp³-hybridized carbons (Fsp3) is 0.778. The number of rotatable bonds is 4. The van der Waals surface area contributed by atoms with Gasteiger partial charge in [0, 0.05) is 0 Å². The molecule has 92 valence electrons. The van der Waals surface area contributed by atoms with Crippen molar-refractivity contribution in [1.29, 1.82) is 0 Å². The Morgan fingerprint density at radius 2 is 2.06 bits per heavy atom. The van der Waals surface area contributed by atoms with E-state index in [1.165, 1.54) is 0 Å². The molecule has 0 aliphatic carbocycles. The minimum absolute atomic E-state index is 0.0832. The maximum atomic E-state index is 12.5. The molecule has 7 heteroatoms. The highest BCUT2D eigenvalue weighted by Crippen LogP contribution is 2.31. The lowest BCUT2D eigenvalue weighted by Gasteiger charge is -2.17. The molecule has 0 spiro atoms. The molecule has 1 unspecified atom stereocenters. The Morgan fingerprint density at radius 3 is 2.50 bits per heavy atom. The Hall–Kier alpha value is -0.780. The van der Waals surface area contributed by atoms with E-state index in [2.05, 4.69) is 10.3 Å². The SMILES string of the molecule is CCCc1c(CCl)nnn1C(C)C(F)(F)F. The van der Waals surface area contributed by atoms with E-state index < -0.39 is 12.2 Å². The summed E-state index contributed by atoms with van der Waals surface area (Å²) in [4.78, 5) is 0. The molecule has 0 fully saturated rings. The van der Waals surface area contributed by atoms with Crippen LogP contribution in [-0.2, 0) is 12.3 Å². The van der Waals surface area contributed by atoms with Gasteiger partial charge in [-0.25, -0.2) is 4.68 Å². The van der Waals surface area contributed by atoms with Gasteiger partial charge in [-0.05, 0) is 13.3 Å². The normalized spacial score (nSPS) is 14.1. The molecule has 0 saturated carbocycles. The van der Waals surface area contributed by atoms with Crippen molar-refractivity contribution in [2.45, 2.75) is 44.8 Å². The van der Waals surface area contributed by atoms with Gasteiger partial charge in [-0.3, -0.25) is 0 Å². The lowest BCUT2D eigenvalue weighted by molar-refractivity contribution is -0.166. The van der Waals surface area contributed by atoms with Gasteiger partial charge in [0.05, 0.1) is 11.6 Å². The maximum Gasteiger partial charge on any atom is 0.410 e. The smallest absolute Gasteiger partial charge is 0.237 e. The molecular formula is C9H13ClF3N3. The zero-order chi connectivity index (χ0) is 12.3. The largest absolute Gasteiger partial charge is 0.410 e. The van der Waals surface area contributed by atoms with E-state index in [-0.39, 0.29) is 5.88 Å². The maximum absolute atomic E-state index is 12.5. The van der Waals surface area contributed by atoms with Crippen LogP contribution >= 0.6 is 11.6 Å². The molecule has 0 N–H and O–H groups in total. The predicted octanol–water partition coefficient (Wildman–Crippen LogP) is 3.09. The van der Waals surface area contributed by atoms with E-state index in [9.17, 15) is 13.2 Å². The lowest BCUT2D eigenvalue weighted by atomic mass is 10.2. The van der Waals surface area contributed by atoms with Gasteiger partial charge in [0.2, 0.25) is 0 Å². The summed E-state index contributed by atoms with van der Waals surface area (Å²) in [5, 5.41) is 7.20. The average Bonchev–Trinajstić information content (AvgIpc) is 2.59. The Bertz CT molecular complexity index is 348. The molecule has 1 atom stereocenters. The molecule has 3 nitrogen and oxygen atoms in total. The van der Waals surface area contributed by atoms with Crippen molar-refractivity contribution in [2.24, 2.45) is 0 Å². The van der Waals surface area contributed by atoms with Crippen LogP contribution in [0.15, 0.2) is 0 Å². The van der Waals surface area contributed by atoms with Crippen molar-refractivity contribution in [3.05, 3.63) is 11.4 Å². The van der Waals surface area contributed by atoms with Crippen LogP contribution in [0.4, 0.5) is 13.2 Å². The number of aromatic nitrogens is 3. The molecule has 1 aromatic rings. The third kappa shape index (κ3) is 2.66. The van der Waals surface area contributed by atoms with Crippen LogP contribution in [0.1, 0.15) is 37.7 Å². The summed E-state index contributed by atoms with van der Waals surface area (Å²) in [5.41, 5.74) is 0.905. The third-order valence-electron chi connectivity index (χ3n) is 2.33. The minimum Gasteiger partial charge on any atom is -0.237 e. The second-order valence-corrected chi connectivity index (χ2v) is 3.80. The van der Waals surface area contributed by atoms with Gasteiger partial charge in [0.25, 0.3) is 0 Å². The van der Waals surface area contributed by atoms with Gasteiger partial charge in [0.1, 0.15) is 11.7 Å². The van der Waals surface area contributed by atoms with Crippen LogP contribution in [0.25, 0.3) is 0 Å². The molecule has 16 heavy (non-hydrogen) atoms. The van der Waals surface area contributed by atoms with Crippen molar-refractivity contribution >= 4 is 11.6 Å². The van der Waals surface area contributed by atoms with Crippen molar-refractivity contribution in [1.82, 2.24) is 15.0 Å². The quantitative estimate of drug-likeness (QED) is 0.774. The van der Waals surface area contributed by atoms with Crippen molar-refractivity contribution in [3.8, 4) is 0 Å². The van der Waals surface area contributed by atoms with E-state index in [1.807, 2.05) is 6.92 Å². The second-order valence-electron chi connectivity index (χ2n) is 3.53. The molecule has 0 radical (unpaired) electrons. The zero-order valence-electron chi connectivity index (χ0n) is 9.05. The van der Waals surface area contributed by atoms with Gasteiger partial charge < -0.3 is 0 Å². The lowest BCUT2D eigenvalue weighted by Crippen LogP contribution is -2.26. The summed E-state index contributed by atoms with van der Waals surface area (Å²) >= 11 is 5.60. The molecule has 0 aromatic carbocycles. The van der Waals surface area contributed by atoms with Gasteiger partial charge in [0.15, 0.2) is 0 Å². The van der Waals surface area contributed by atoms with E-state index in [0.29, 0.717) is 17.8 Å². The molecule has 0 aliphatic heterocycles. The fourth-order valence-electron chi connectivity index (χ4n) is 1.40. The summed E-state index contributed by atoms with van der Waals surface area (Å²) in [6.07, 6.45) is -3.10. The topological polar surface area (TPSA) is 30.7 Å². The van der Waals surface area contributed by atoms with E-state index in [4.69, 9.17) is 11.6 Å². The first-order valence-electron chi connectivity index (χ1n) is 4.97. The van der Waals surface area contributed by atoms with Crippen LogP contribution in [-0.4, -0.2) is 21.2 Å². The predicted molar refractivity (Wildman–Crippen MR) is 54.3 cm³/mol. The summed E-state index contributed by atoms with van der Waals surface area (Å²) in [5.74, 6) is 0.0832. The Kier molecular flexibility index (Phi) is 4.18. The highest BCUT2D eigenvalue weighted by molar-refractivity contribution is 6.16. The van der Waals surface area contributed by atoms with Crippen LogP contribution in [0.3, 0.4) is 0 Å². The second kappa shape index (κ2) is 5.03. The van der Waals surface area contributed by atoms with Crippen molar-refractivity contribution in [2.75, 3.05) is 0 Å². The highest BCUT2D eigenvalue weighted by Gasteiger charge is 2.39. The molecule has 0 bridgehead atoms.